The largest absolute Gasteiger partial charge is 0.487 e. The van der Waals surface area contributed by atoms with E-state index in [1.807, 2.05) is 12.1 Å². The molecule has 1 saturated heterocycles. The summed E-state index contributed by atoms with van der Waals surface area (Å²) in [6.07, 6.45) is 2.59. The molecule has 0 bridgehead atoms. The SMILES string of the molecule is O=C(C[C@H]1C[C@H]2c3cc(NC(=O)Nc4ccccc4F)ccc3O[C@H]2[C@H](CO)O1)NCc1ccncc1. The number of nitrogens with zero attached hydrogens (tertiary/aromatic N) is 1. The third-order valence-corrected chi connectivity index (χ3v) is 6.53. The highest BCUT2D eigenvalue weighted by Gasteiger charge is 2.46. The fourth-order valence-electron chi connectivity index (χ4n) is 4.79. The lowest BCUT2D eigenvalue weighted by atomic mass is 9.84. The number of carbonyl (C=O) groups excluding carboxylic acids is 2. The van der Waals surface area contributed by atoms with E-state index < -0.39 is 30.2 Å². The van der Waals surface area contributed by atoms with Crippen molar-refractivity contribution in [3.8, 4) is 5.75 Å². The molecule has 9 nitrogen and oxygen atoms in total. The number of aliphatic hydroxyl groups is 1. The van der Waals surface area contributed by atoms with Crippen LogP contribution in [-0.4, -0.2) is 46.9 Å². The molecule has 4 N–H and O–H groups in total. The van der Waals surface area contributed by atoms with E-state index in [1.54, 1.807) is 42.7 Å². The van der Waals surface area contributed by atoms with Gasteiger partial charge in [-0.3, -0.25) is 9.78 Å². The van der Waals surface area contributed by atoms with Crippen LogP contribution in [-0.2, 0) is 16.1 Å². The van der Waals surface area contributed by atoms with Crippen molar-refractivity contribution in [2.45, 2.75) is 43.6 Å². The number of urea groups is 1. The summed E-state index contributed by atoms with van der Waals surface area (Å²) < 4.78 is 26.0. The number of pyridine rings is 1. The Bertz CT molecular complexity index is 1270. The van der Waals surface area contributed by atoms with Crippen molar-refractivity contribution < 1.29 is 28.6 Å². The van der Waals surface area contributed by atoms with E-state index in [-0.39, 0.29) is 30.5 Å². The quantitative estimate of drug-likeness (QED) is 0.389. The normalized spacial score (nSPS) is 21.8. The number of fused-ring (bicyclic) bond motifs is 3. The molecule has 10 heteroatoms. The van der Waals surface area contributed by atoms with Gasteiger partial charge in [0.05, 0.1) is 24.8 Å². The number of aliphatic hydroxyl groups excluding tert-OH is 1. The van der Waals surface area contributed by atoms with Crippen LogP contribution in [0.3, 0.4) is 0 Å². The second-order valence-corrected chi connectivity index (χ2v) is 9.05. The summed E-state index contributed by atoms with van der Waals surface area (Å²) in [5, 5.41) is 18.1. The fourth-order valence-corrected chi connectivity index (χ4v) is 4.79. The smallest absolute Gasteiger partial charge is 0.323 e. The number of amides is 3. The Hall–Kier alpha value is -4.02. The summed E-state index contributed by atoms with van der Waals surface area (Å²) in [7, 11) is 0. The zero-order chi connectivity index (χ0) is 25.8. The number of hydrogen-bond donors (Lipinski definition) is 4. The molecule has 3 heterocycles. The summed E-state index contributed by atoms with van der Waals surface area (Å²) in [5.41, 5.74) is 2.39. The average molecular weight is 507 g/mol. The monoisotopic (exact) mass is 506 g/mol. The van der Waals surface area contributed by atoms with Gasteiger partial charge in [0.25, 0.3) is 0 Å². The summed E-state index contributed by atoms with van der Waals surface area (Å²) in [4.78, 5) is 29.0. The van der Waals surface area contributed by atoms with Crippen molar-refractivity contribution in [1.82, 2.24) is 10.3 Å². The molecule has 37 heavy (non-hydrogen) atoms. The molecule has 2 aliphatic rings. The molecular weight excluding hydrogens is 479 g/mol. The first-order valence-electron chi connectivity index (χ1n) is 12.0. The number of rotatable bonds is 7. The van der Waals surface area contributed by atoms with E-state index in [2.05, 4.69) is 20.9 Å². The first-order chi connectivity index (χ1) is 18.0. The van der Waals surface area contributed by atoms with Gasteiger partial charge in [-0.15, -0.1) is 0 Å². The zero-order valence-corrected chi connectivity index (χ0v) is 19.9. The summed E-state index contributed by atoms with van der Waals surface area (Å²) in [6, 6.07) is 14.2. The molecule has 3 aromatic rings. The lowest BCUT2D eigenvalue weighted by Gasteiger charge is -2.37. The number of aromatic nitrogens is 1. The minimum absolute atomic E-state index is 0.0739. The predicted molar refractivity (Wildman–Crippen MR) is 134 cm³/mol. The van der Waals surface area contributed by atoms with Gasteiger partial charge >= 0.3 is 6.03 Å². The number of carbonyl (C=O) groups is 2. The molecule has 1 aromatic heterocycles. The third-order valence-electron chi connectivity index (χ3n) is 6.53. The standard InChI is InChI=1S/C27H27FN4O5/c28-21-3-1-2-4-22(21)32-27(35)31-17-5-6-23-19(11-17)20-12-18(36-24(15-33)26(20)37-23)13-25(34)30-14-16-7-9-29-10-8-16/h1-11,18,20,24,26,33H,12-15H2,(H,30,34)(H2,31,32,35)/t18-,20+,24+,26-/m1/s1. The van der Waals surface area contributed by atoms with Crippen LogP contribution in [0.5, 0.6) is 5.75 Å². The maximum absolute atomic E-state index is 13.9. The Balaban J connectivity index is 1.24. The molecule has 192 valence electrons. The summed E-state index contributed by atoms with van der Waals surface area (Å²) in [6.45, 7) is 0.139. The topological polar surface area (TPSA) is 122 Å². The van der Waals surface area contributed by atoms with E-state index in [1.165, 1.54) is 12.1 Å². The van der Waals surface area contributed by atoms with Crippen LogP contribution in [0.1, 0.15) is 29.9 Å². The highest BCUT2D eigenvalue weighted by Crippen LogP contribution is 2.47. The van der Waals surface area contributed by atoms with Gasteiger partial charge in [0.2, 0.25) is 5.91 Å². The first kappa shape index (κ1) is 24.7. The van der Waals surface area contributed by atoms with E-state index in [4.69, 9.17) is 9.47 Å². The van der Waals surface area contributed by atoms with Crippen molar-refractivity contribution in [3.63, 3.8) is 0 Å². The molecule has 3 amide bonds. The van der Waals surface area contributed by atoms with Crippen LogP contribution in [0.4, 0.5) is 20.6 Å². The van der Waals surface area contributed by atoms with Gasteiger partial charge in [-0.1, -0.05) is 12.1 Å². The first-order valence-corrected chi connectivity index (χ1v) is 12.0. The third kappa shape index (κ3) is 5.71. The van der Waals surface area contributed by atoms with Crippen molar-refractivity contribution in [1.29, 1.82) is 0 Å². The molecular formula is C27H27FN4O5. The lowest BCUT2D eigenvalue weighted by molar-refractivity contribution is -0.142. The van der Waals surface area contributed by atoms with Gasteiger partial charge in [-0.05, 0) is 54.4 Å². The minimum atomic E-state index is -0.593. The molecule has 1 fully saturated rings. The Kier molecular flexibility index (Phi) is 7.29. The fraction of sp³-hybridized carbons (Fsp3) is 0.296. The highest BCUT2D eigenvalue weighted by atomic mass is 19.1. The van der Waals surface area contributed by atoms with Crippen LogP contribution in [0.25, 0.3) is 0 Å². The number of para-hydroxylation sites is 1. The van der Waals surface area contributed by atoms with Crippen molar-refractivity contribution in [3.05, 3.63) is 83.9 Å². The van der Waals surface area contributed by atoms with Crippen LogP contribution in [0.2, 0.25) is 0 Å². The number of benzene rings is 2. The average Bonchev–Trinajstić information content (AvgIpc) is 3.27. The molecule has 0 aliphatic carbocycles. The van der Waals surface area contributed by atoms with E-state index in [9.17, 15) is 19.1 Å². The Morgan fingerprint density at radius 2 is 1.89 bits per heavy atom. The van der Waals surface area contributed by atoms with Gasteiger partial charge in [-0.25, -0.2) is 9.18 Å². The van der Waals surface area contributed by atoms with Gasteiger partial charge in [0, 0.05) is 36.1 Å². The van der Waals surface area contributed by atoms with Gasteiger partial charge in [0.15, 0.2) is 0 Å². The molecule has 0 saturated carbocycles. The van der Waals surface area contributed by atoms with E-state index in [0.717, 1.165) is 11.1 Å². The number of nitrogens with one attached hydrogen (secondary N) is 3. The van der Waals surface area contributed by atoms with Crippen LogP contribution >= 0.6 is 0 Å². The zero-order valence-electron chi connectivity index (χ0n) is 19.9. The van der Waals surface area contributed by atoms with Gasteiger partial charge < -0.3 is 30.5 Å². The molecule has 0 unspecified atom stereocenters. The van der Waals surface area contributed by atoms with Gasteiger partial charge in [-0.2, -0.15) is 0 Å². The molecule has 0 spiro atoms. The van der Waals surface area contributed by atoms with E-state index >= 15 is 0 Å². The number of anilines is 2. The Morgan fingerprint density at radius 1 is 1.08 bits per heavy atom. The van der Waals surface area contributed by atoms with Crippen molar-refractivity contribution in [2.24, 2.45) is 0 Å². The number of hydrogen-bond acceptors (Lipinski definition) is 6. The maximum Gasteiger partial charge on any atom is 0.323 e. The molecule has 2 aliphatic heterocycles. The predicted octanol–water partition coefficient (Wildman–Crippen LogP) is 3.57. The number of halogens is 1. The Morgan fingerprint density at radius 3 is 2.68 bits per heavy atom. The second kappa shape index (κ2) is 10.9. The van der Waals surface area contributed by atoms with Gasteiger partial charge in [0.1, 0.15) is 23.8 Å². The maximum atomic E-state index is 13.9. The van der Waals surface area contributed by atoms with Crippen LogP contribution in [0, 0.1) is 5.82 Å². The second-order valence-electron chi connectivity index (χ2n) is 9.05. The van der Waals surface area contributed by atoms with Crippen LogP contribution < -0.4 is 20.7 Å². The minimum Gasteiger partial charge on any atom is -0.487 e. The molecule has 0 radical (unpaired) electrons. The summed E-state index contributed by atoms with van der Waals surface area (Å²) >= 11 is 0. The van der Waals surface area contributed by atoms with Crippen molar-refractivity contribution in [2.75, 3.05) is 17.2 Å². The summed E-state index contributed by atoms with van der Waals surface area (Å²) in [5.74, 6) is -0.178. The van der Waals surface area contributed by atoms with Crippen LogP contribution in [0.15, 0.2) is 67.0 Å². The highest BCUT2D eigenvalue weighted by molar-refractivity contribution is 5.99. The molecule has 5 rings (SSSR count). The van der Waals surface area contributed by atoms with Crippen molar-refractivity contribution >= 4 is 23.3 Å². The Labute approximate surface area is 213 Å². The lowest BCUT2D eigenvalue weighted by Crippen LogP contribution is -2.47. The van der Waals surface area contributed by atoms with E-state index in [0.29, 0.717) is 24.4 Å². The molecule has 4 atom stereocenters. The number of ether oxygens (including phenoxy) is 2. The molecule has 2 aromatic carbocycles.